The van der Waals surface area contributed by atoms with Crippen LogP contribution in [-0.4, -0.2) is 3.21 Å². The fourth-order valence-electron chi connectivity index (χ4n) is 5.42. The number of rotatable bonds is 8. The first-order valence-corrected chi connectivity index (χ1v) is 16.9. The summed E-state index contributed by atoms with van der Waals surface area (Å²) in [5, 5.41) is 5.54. The molecule has 0 unspecified atom stereocenters. The number of aryl methyl sites for hydroxylation is 2. The zero-order valence-electron chi connectivity index (χ0n) is 26.7. The van der Waals surface area contributed by atoms with Gasteiger partial charge in [-0.05, 0) is 19.3 Å². The van der Waals surface area contributed by atoms with Gasteiger partial charge >= 0.3 is 99.2 Å². The fraction of sp³-hybridized carbons (Fsp3) is 0.268. The molecule has 0 aliphatic heterocycles. The molecular formula is C41H46Cl2Zr. The minimum atomic E-state index is 0. The summed E-state index contributed by atoms with van der Waals surface area (Å²) < 4.78 is 1.42. The van der Waals surface area contributed by atoms with Gasteiger partial charge in [0.15, 0.2) is 0 Å². The van der Waals surface area contributed by atoms with Crippen molar-refractivity contribution in [1.29, 1.82) is 0 Å². The summed E-state index contributed by atoms with van der Waals surface area (Å²) in [6.07, 6.45) is 14.1. The zero-order valence-corrected chi connectivity index (χ0v) is 30.7. The molecule has 0 nitrogen and oxygen atoms in total. The summed E-state index contributed by atoms with van der Waals surface area (Å²) in [5.41, 5.74) is 8.52. The predicted molar refractivity (Wildman–Crippen MR) is 196 cm³/mol. The monoisotopic (exact) mass is 698 g/mol. The molecule has 0 fully saturated rings. The van der Waals surface area contributed by atoms with Crippen molar-refractivity contribution in [2.24, 2.45) is 0 Å². The van der Waals surface area contributed by atoms with E-state index in [4.69, 9.17) is 0 Å². The number of hydrogen-bond acceptors (Lipinski definition) is 0. The van der Waals surface area contributed by atoms with Crippen LogP contribution in [0.4, 0.5) is 0 Å². The summed E-state index contributed by atoms with van der Waals surface area (Å²) in [6.45, 7) is 8.87. The molecule has 0 aromatic heterocycles. The fourth-order valence-corrected chi connectivity index (χ4v) is 6.24. The van der Waals surface area contributed by atoms with Crippen LogP contribution in [0.25, 0.3) is 21.5 Å². The molecule has 1 aliphatic carbocycles. The Hall–Kier alpha value is -2.44. The molecule has 6 rings (SSSR count). The first-order chi connectivity index (χ1) is 20.6. The van der Waals surface area contributed by atoms with Gasteiger partial charge in [-0.15, -0.1) is 71.0 Å². The van der Waals surface area contributed by atoms with Crippen LogP contribution in [0.5, 0.6) is 0 Å². The molecule has 5 aromatic rings. The number of halogens is 2. The normalized spacial score (nSPS) is 11.7. The molecule has 0 atom stereocenters. The van der Waals surface area contributed by atoms with Crippen molar-refractivity contribution >= 4 is 49.6 Å². The van der Waals surface area contributed by atoms with E-state index in [2.05, 4.69) is 143 Å². The van der Waals surface area contributed by atoms with Crippen LogP contribution >= 0.6 is 24.8 Å². The van der Waals surface area contributed by atoms with E-state index in [-0.39, 0.29) is 24.8 Å². The Labute approximate surface area is 293 Å². The third-order valence-corrected chi connectivity index (χ3v) is 9.21. The summed E-state index contributed by atoms with van der Waals surface area (Å²) >= 11 is 1.46. The van der Waals surface area contributed by atoms with Crippen molar-refractivity contribution in [2.75, 3.05) is 0 Å². The van der Waals surface area contributed by atoms with Gasteiger partial charge in [-0.1, -0.05) is 82.3 Å². The molecule has 0 saturated carbocycles. The molecule has 0 saturated heterocycles. The van der Waals surface area contributed by atoms with E-state index in [0.717, 1.165) is 19.3 Å². The van der Waals surface area contributed by atoms with Crippen molar-refractivity contribution in [2.45, 2.75) is 72.6 Å². The summed E-state index contributed by atoms with van der Waals surface area (Å²) in [4.78, 5) is 0. The van der Waals surface area contributed by atoms with E-state index in [9.17, 15) is 0 Å². The number of benzene rings is 4. The standard InChI is InChI=1S/C17H17.C13H10.C11H17.2ClH.Zr/c1-3-12-5-7-16-14(9-12)11-15-10-13(4-2)6-8-17(15)16;1-3-7-12(8-4-1)11-13-9-5-2-6-10-13;1-3-5-10-7-8-11(9-10)6-4-2;;;/h5-11H,3-4H2,1-2H3;1-10H;9H,3-7H2,1-2H3;2*1H;/q-1;;-1;;;+2. The quantitative estimate of drug-likeness (QED) is 0.141. The van der Waals surface area contributed by atoms with Gasteiger partial charge in [0.25, 0.3) is 0 Å². The topological polar surface area (TPSA) is 0 Å². The van der Waals surface area contributed by atoms with Crippen molar-refractivity contribution in [3.05, 3.63) is 149 Å². The van der Waals surface area contributed by atoms with E-state index in [1.54, 1.807) is 5.57 Å². The molecule has 5 aromatic carbocycles. The minimum absolute atomic E-state index is 0. The van der Waals surface area contributed by atoms with Crippen LogP contribution < -0.4 is 0 Å². The van der Waals surface area contributed by atoms with Gasteiger partial charge < -0.3 is 0 Å². The third kappa shape index (κ3) is 10.6. The van der Waals surface area contributed by atoms with Crippen molar-refractivity contribution < 1.29 is 24.2 Å². The van der Waals surface area contributed by atoms with E-state index >= 15 is 0 Å². The summed E-state index contributed by atoms with van der Waals surface area (Å²) in [5.74, 6) is 0. The number of allylic oxidation sites excluding steroid dienone is 4. The van der Waals surface area contributed by atoms with E-state index in [1.807, 2.05) is 0 Å². The van der Waals surface area contributed by atoms with Gasteiger partial charge in [0.1, 0.15) is 0 Å². The summed E-state index contributed by atoms with van der Waals surface area (Å²) in [7, 11) is 0. The van der Waals surface area contributed by atoms with E-state index in [1.165, 1.54) is 102 Å². The second-order valence-electron chi connectivity index (χ2n) is 11.0. The van der Waals surface area contributed by atoms with Crippen LogP contribution in [0.3, 0.4) is 0 Å². The van der Waals surface area contributed by atoms with Gasteiger partial charge in [0.05, 0.1) is 0 Å². The molecule has 0 heterocycles. The first kappa shape index (κ1) is 37.7. The van der Waals surface area contributed by atoms with E-state index < -0.39 is 0 Å². The SMILES string of the molecule is CCCC1=[C-]CC(CCC)=C1.CCc1ccc2c(c1)[cH-]c1cc(CC)ccc12.Cl.Cl.[Zr+2]=[C](c1ccccc1)c1ccccc1. The van der Waals surface area contributed by atoms with Crippen LogP contribution in [0.2, 0.25) is 0 Å². The van der Waals surface area contributed by atoms with Gasteiger partial charge in [-0.3, -0.25) is 6.08 Å². The van der Waals surface area contributed by atoms with Gasteiger partial charge in [0.2, 0.25) is 0 Å². The molecule has 228 valence electrons. The molecular weight excluding hydrogens is 655 g/mol. The maximum atomic E-state index is 3.42. The van der Waals surface area contributed by atoms with Crippen molar-refractivity contribution in [3.8, 4) is 0 Å². The predicted octanol–water partition coefficient (Wildman–Crippen LogP) is 12.1. The molecule has 0 spiro atoms. The molecule has 3 heteroatoms. The van der Waals surface area contributed by atoms with E-state index in [0.29, 0.717) is 0 Å². The van der Waals surface area contributed by atoms with Gasteiger partial charge in [-0.25, -0.2) is 11.6 Å². The average molecular weight is 701 g/mol. The van der Waals surface area contributed by atoms with Crippen molar-refractivity contribution in [1.82, 2.24) is 0 Å². The van der Waals surface area contributed by atoms with Gasteiger partial charge in [0, 0.05) is 0 Å². The third-order valence-electron chi connectivity index (χ3n) is 7.79. The molecule has 0 N–H and O–H groups in total. The Morgan fingerprint density at radius 1 is 0.659 bits per heavy atom. The van der Waals surface area contributed by atoms with Crippen LogP contribution in [0, 0.1) is 6.08 Å². The van der Waals surface area contributed by atoms with Crippen LogP contribution in [-0.2, 0) is 37.1 Å². The van der Waals surface area contributed by atoms with Crippen LogP contribution in [0.1, 0.15) is 82.1 Å². The average Bonchev–Trinajstić information content (AvgIpc) is 3.65. The first-order valence-electron chi connectivity index (χ1n) is 15.7. The Balaban J connectivity index is 0.000000231. The maximum absolute atomic E-state index is 3.42. The van der Waals surface area contributed by atoms with Gasteiger partial charge in [-0.2, -0.15) is 5.57 Å². The second kappa shape index (κ2) is 19.8. The molecule has 0 radical (unpaired) electrons. The second-order valence-corrected chi connectivity index (χ2v) is 12.2. The Kier molecular flexibility index (Phi) is 17.0. The van der Waals surface area contributed by atoms with Crippen LogP contribution in [0.15, 0.2) is 120 Å². The Bertz CT molecular complexity index is 1540. The molecule has 44 heavy (non-hydrogen) atoms. The molecule has 0 amide bonds. The Morgan fingerprint density at radius 2 is 1.14 bits per heavy atom. The summed E-state index contributed by atoms with van der Waals surface area (Å²) in [6, 6.07) is 37.1. The molecule has 0 bridgehead atoms. The number of hydrogen-bond donors (Lipinski definition) is 0. The molecule has 1 aliphatic rings. The number of fused-ring (bicyclic) bond motifs is 3. The zero-order chi connectivity index (χ0) is 29.7. The Morgan fingerprint density at radius 3 is 1.57 bits per heavy atom. The van der Waals surface area contributed by atoms with Crippen molar-refractivity contribution in [3.63, 3.8) is 0 Å².